The molecule has 0 N–H and O–H groups in total. The molecule has 1 aliphatic rings. The Labute approximate surface area is 208 Å². The highest BCUT2D eigenvalue weighted by atomic mass is 32.1. The number of ether oxygens (including phenoxy) is 3. The number of unbranched alkanes of at least 4 members (excludes halogenated alkanes) is 2. The molecule has 0 bridgehead atoms. The lowest BCUT2D eigenvalue weighted by atomic mass is 10.1. The molecule has 180 valence electrons. The van der Waals surface area contributed by atoms with Crippen molar-refractivity contribution in [3.63, 3.8) is 0 Å². The fourth-order valence-corrected chi connectivity index (χ4v) is 4.86. The van der Waals surface area contributed by atoms with Gasteiger partial charge in [0.15, 0.2) is 16.6 Å². The van der Waals surface area contributed by atoms with E-state index in [-0.39, 0.29) is 5.91 Å². The summed E-state index contributed by atoms with van der Waals surface area (Å²) in [4.78, 5) is 24.5. The Balaban J connectivity index is 1.46. The molecule has 2 aromatic carbocycles. The smallest absolute Gasteiger partial charge is 0.260 e. The van der Waals surface area contributed by atoms with Crippen LogP contribution in [0.4, 0.5) is 5.13 Å². The average molecular weight is 490 g/mol. The highest BCUT2D eigenvalue weighted by molar-refractivity contribution is 7.22. The number of anilines is 1. The molecule has 35 heavy (non-hydrogen) atoms. The molecule has 0 saturated heterocycles. The second kappa shape index (κ2) is 10.7. The van der Waals surface area contributed by atoms with Gasteiger partial charge >= 0.3 is 0 Å². The monoisotopic (exact) mass is 489 g/mol. The highest BCUT2D eigenvalue weighted by Crippen LogP contribution is 2.39. The number of fused-ring (bicyclic) bond motifs is 2. The lowest BCUT2D eigenvalue weighted by Crippen LogP contribution is -2.30. The Morgan fingerprint density at radius 1 is 1.09 bits per heavy atom. The SMILES string of the molecule is CCCCCOc1cccc(C(=O)N(Cc2cccnc2)c2nc3cc4c(cc3s2)OCCO4)c1. The van der Waals surface area contributed by atoms with Gasteiger partial charge in [-0.15, -0.1) is 0 Å². The van der Waals surface area contributed by atoms with Crippen molar-refractivity contribution >= 4 is 32.6 Å². The summed E-state index contributed by atoms with van der Waals surface area (Å²) < 4.78 is 18.3. The summed E-state index contributed by atoms with van der Waals surface area (Å²) >= 11 is 1.45. The van der Waals surface area contributed by atoms with Crippen molar-refractivity contribution in [1.29, 1.82) is 0 Å². The molecule has 8 heteroatoms. The summed E-state index contributed by atoms with van der Waals surface area (Å²) in [5, 5.41) is 0.602. The predicted octanol–water partition coefficient (Wildman–Crippen LogP) is 5.88. The number of nitrogens with zero attached hydrogens (tertiary/aromatic N) is 3. The molecule has 4 aromatic rings. The van der Waals surface area contributed by atoms with Crippen LogP contribution >= 0.6 is 11.3 Å². The number of aromatic nitrogens is 2. The molecule has 7 nitrogen and oxygen atoms in total. The first kappa shape index (κ1) is 23.1. The van der Waals surface area contributed by atoms with E-state index in [1.54, 1.807) is 23.4 Å². The number of pyridine rings is 1. The van der Waals surface area contributed by atoms with Crippen LogP contribution in [0.2, 0.25) is 0 Å². The van der Waals surface area contributed by atoms with Gasteiger partial charge in [0.25, 0.3) is 5.91 Å². The molecule has 2 aromatic heterocycles. The Kier molecular flexibility index (Phi) is 7.09. The first-order valence-corrected chi connectivity index (χ1v) is 12.7. The van der Waals surface area contributed by atoms with E-state index in [9.17, 15) is 4.79 Å². The van der Waals surface area contributed by atoms with Crippen LogP contribution in [0.5, 0.6) is 17.2 Å². The van der Waals surface area contributed by atoms with Gasteiger partial charge in [0.1, 0.15) is 19.0 Å². The van der Waals surface area contributed by atoms with Crippen molar-refractivity contribution in [3.05, 3.63) is 72.1 Å². The minimum absolute atomic E-state index is 0.149. The lowest BCUT2D eigenvalue weighted by Gasteiger charge is -2.20. The average Bonchev–Trinajstić information content (AvgIpc) is 3.31. The zero-order valence-electron chi connectivity index (χ0n) is 19.6. The third-order valence-corrected chi connectivity index (χ3v) is 6.72. The number of hydrogen-bond donors (Lipinski definition) is 0. The Morgan fingerprint density at radius 2 is 1.94 bits per heavy atom. The normalized spacial score (nSPS) is 12.5. The number of carbonyl (C=O) groups is 1. The topological polar surface area (TPSA) is 73.8 Å². The largest absolute Gasteiger partial charge is 0.494 e. The quantitative estimate of drug-likeness (QED) is 0.274. The first-order valence-electron chi connectivity index (χ1n) is 11.8. The summed E-state index contributed by atoms with van der Waals surface area (Å²) in [5.41, 5.74) is 2.23. The van der Waals surface area contributed by atoms with E-state index < -0.39 is 0 Å². The van der Waals surface area contributed by atoms with Gasteiger partial charge in [0.05, 0.1) is 23.4 Å². The van der Waals surface area contributed by atoms with E-state index in [2.05, 4.69) is 11.9 Å². The maximum absolute atomic E-state index is 13.8. The number of amides is 1. The van der Waals surface area contributed by atoms with Gasteiger partial charge in [-0.2, -0.15) is 0 Å². The zero-order chi connectivity index (χ0) is 24.0. The van der Waals surface area contributed by atoms with E-state index >= 15 is 0 Å². The minimum Gasteiger partial charge on any atom is -0.494 e. The van der Waals surface area contributed by atoms with Gasteiger partial charge in [0.2, 0.25) is 0 Å². The van der Waals surface area contributed by atoms with Crippen LogP contribution in [0, 0.1) is 0 Å². The molecular weight excluding hydrogens is 462 g/mol. The Hall–Kier alpha value is -3.65. The van der Waals surface area contributed by atoms with Gasteiger partial charge in [-0.05, 0) is 36.2 Å². The summed E-state index contributed by atoms with van der Waals surface area (Å²) in [7, 11) is 0. The maximum Gasteiger partial charge on any atom is 0.260 e. The van der Waals surface area contributed by atoms with Gasteiger partial charge < -0.3 is 14.2 Å². The standard InChI is InChI=1S/C27H27N3O4S/c1-2-3-4-11-32-21-9-5-8-20(14-21)26(31)30(18-19-7-6-10-28-17-19)27-29-22-15-23-24(16-25(22)35-27)34-13-12-33-23/h5-10,14-17H,2-4,11-13,18H2,1H3. The number of hydrogen-bond acceptors (Lipinski definition) is 7. The molecule has 0 fully saturated rings. The first-order chi connectivity index (χ1) is 17.2. The minimum atomic E-state index is -0.149. The van der Waals surface area contributed by atoms with Crippen LogP contribution in [0.1, 0.15) is 42.1 Å². The van der Waals surface area contributed by atoms with Crippen LogP contribution in [-0.4, -0.2) is 35.7 Å². The second-order valence-corrected chi connectivity index (χ2v) is 9.31. The third kappa shape index (κ3) is 5.38. The summed E-state index contributed by atoms with van der Waals surface area (Å²) in [5.74, 6) is 1.93. The summed E-state index contributed by atoms with van der Waals surface area (Å²) in [6.45, 7) is 4.18. The highest BCUT2D eigenvalue weighted by Gasteiger charge is 2.24. The third-order valence-electron chi connectivity index (χ3n) is 5.68. The number of thiazole rings is 1. The van der Waals surface area contributed by atoms with Gasteiger partial charge in [-0.1, -0.05) is 43.2 Å². The molecule has 0 spiro atoms. The van der Waals surface area contributed by atoms with E-state index in [0.29, 0.717) is 54.3 Å². The molecule has 0 unspecified atom stereocenters. The van der Waals surface area contributed by atoms with Crippen molar-refractivity contribution in [1.82, 2.24) is 9.97 Å². The van der Waals surface area contributed by atoms with Gasteiger partial charge in [-0.25, -0.2) is 4.98 Å². The molecule has 0 saturated carbocycles. The molecule has 0 aliphatic carbocycles. The van der Waals surface area contributed by atoms with Crippen molar-refractivity contribution in [2.45, 2.75) is 32.7 Å². The van der Waals surface area contributed by atoms with E-state index in [4.69, 9.17) is 19.2 Å². The van der Waals surface area contributed by atoms with Crippen molar-refractivity contribution in [2.24, 2.45) is 0 Å². The van der Waals surface area contributed by atoms with Crippen LogP contribution in [0.25, 0.3) is 10.2 Å². The van der Waals surface area contributed by atoms with Crippen molar-refractivity contribution < 1.29 is 19.0 Å². The zero-order valence-corrected chi connectivity index (χ0v) is 20.4. The lowest BCUT2D eigenvalue weighted by molar-refractivity contribution is 0.0984. The number of carbonyl (C=O) groups excluding carboxylic acids is 1. The maximum atomic E-state index is 13.8. The summed E-state index contributed by atoms with van der Waals surface area (Å²) in [6.07, 6.45) is 6.73. The Morgan fingerprint density at radius 3 is 2.74 bits per heavy atom. The molecule has 3 heterocycles. The predicted molar refractivity (Wildman–Crippen MR) is 137 cm³/mol. The molecule has 1 amide bonds. The molecular formula is C27H27N3O4S. The van der Waals surface area contributed by atoms with Crippen LogP contribution in [0.15, 0.2) is 60.9 Å². The molecule has 5 rings (SSSR count). The van der Waals surface area contributed by atoms with Gasteiger partial charge in [-0.3, -0.25) is 14.7 Å². The van der Waals surface area contributed by atoms with Crippen molar-refractivity contribution in [3.8, 4) is 17.2 Å². The van der Waals surface area contributed by atoms with Crippen LogP contribution in [-0.2, 0) is 6.54 Å². The van der Waals surface area contributed by atoms with Gasteiger partial charge in [0, 0.05) is 30.1 Å². The van der Waals surface area contributed by atoms with Crippen molar-refractivity contribution in [2.75, 3.05) is 24.7 Å². The fourth-order valence-electron chi connectivity index (χ4n) is 3.89. The molecule has 0 radical (unpaired) electrons. The van der Waals surface area contributed by atoms with Crippen LogP contribution < -0.4 is 19.1 Å². The Bertz CT molecular complexity index is 1270. The van der Waals surface area contributed by atoms with E-state index in [1.807, 2.05) is 42.5 Å². The van der Waals surface area contributed by atoms with E-state index in [0.717, 1.165) is 35.0 Å². The molecule has 1 aliphatic heterocycles. The summed E-state index contributed by atoms with van der Waals surface area (Å²) in [6, 6.07) is 15.0. The van der Waals surface area contributed by atoms with Crippen LogP contribution in [0.3, 0.4) is 0 Å². The fraction of sp³-hybridized carbons (Fsp3) is 0.296. The van der Waals surface area contributed by atoms with E-state index in [1.165, 1.54) is 11.3 Å². The molecule has 0 atom stereocenters. The second-order valence-electron chi connectivity index (χ2n) is 8.30. The number of rotatable bonds is 9. The number of benzene rings is 2.